The van der Waals surface area contributed by atoms with E-state index >= 15 is 0 Å². The van der Waals surface area contributed by atoms with Crippen molar-refractivity contribution in [1.29, 1.82) is 0 Å². The molecule has 0 aliphatic heterocycles. The molecular weight excluding hydrogens is 345 g/mol. The molecule has 0 saturated heterocycles. The largest absolute Gasteiger partial charge is 0.204 e. The van der Waals surface area contributed by atoms with E-state index in [0.29, 0.717) is 17.9 Å². The Morgan fingerprint density at radius 3 is 1.96 bits per heavy atom. The molecule has 2 aliphatic rings. The highest BCUT2D eigenvalue weighted by Gasteiger charge is 2.30. The van der Waals surface area contributed by atoms with Gasteiger partial charge in [0.1, 0.15) is 0 Å². The van der Waals surface area contributed by atoms with Crippen molar-refractivity contribution in [3.63, 3.8) is 0 Å². The Kier molecular flexibility index (Phi) is 7.43. The lowest BCUT2D eigenvalue weighted by Gasteiger charge is -2.37. The van der Waals surface area contributed by atoms with Crippen LogP contribution in [0.3, 0.4) is 0 Å². The van der Waals surface area contributed by atoms with Gasteiger partial charge in [0.05, 0.1) is 0 Å². The normalized spacial score (nSPS) is 29.3. The van der Waals surface area contributed by atoms with Gasteiger partial charge in [-0.2, -0.15) is 0 Å². The van der Waals surface area contributed by atoms with Gasteiger partial charge in [-0.1, -0.05) is 31.9 Å². The maximum atomic E-state index is 13.3. The minimum atomic E-state index is -1.36. The summed E-state index contributed by atoms with van der Waals surface area (Å²) in [6.45, 7) is 2.20. The Hall–Kier alpha value is -1.25. The molecule has 0 N–H and O–H groups in total. The van der Waals surface area contributed by atoms with Crippen LogP contribution >= 0.6 is 0 Å². The molecule has 0 radical (unpaired) electrons. The van der Waals surface area contributed by atoms with Gasteiger partial charge in [-0.25, -0.2) is 13.2 Å². The second-order valence-corrected chi connectivity index (χ2v) is 8.70. The molecule has 0 atom stereocenters. The van der Waals surface area contributed by atoms with E-state index in [4.69, 9.17) is 0 Å². The minimum absolute atomic E-state index is 0.576. The molecule has 0 unspecified atom stereocenters. The molecule has 3 heteroatoms. The second kappa shape index (κ2) is 9.80. The van der Waals surface area contributed by atoms with Crippen LogP contribution in [0.15, 0.2) is 24.3 Å². The molecule has 0 bridgehead atoms. The first kappa shape index (κ1) is 20.5. The Morgan fingerprint density at radius 2 is 1.41 bits per heavy atom. The molecule has 1 aromatic carbocycles. The zero-order valence-corrected chi connectivity index (χ0v) is 16.5. The van der Waals surface area contributed by atoms with Crippen LogP contribution in [0.25, 0.3) is 0 Å². The minimum Gasteiger partial charge on any atom is -0.204 e. The lowest BCUT2D eigenvalue weighted by atomic mass is 9.68. The maximum absolute atomic E-state index is 13.3. The molecule has 1 aromatic rings. The fourth-order valence-electron chi connectivity index (χ4n) is 5.21. The first-order valence-corrected chi connectivity index (χ1v) is 10.9. The third-order valence-electron chi connectivity index (χ3n) is 6.90. The molecule has 0 nitrogen and oxygen atoms in total. The summed E-state index contributed by atoms with van der Waals surface area (Å²) in [6, 6.07) is 2.30. The van der Waals surface area contributed by atoms with Crippen molar-refractivity contribution in [2.24, 2.45) is 23.7 Å². The third-order valence-corrected chi connectivity index (χ3v) is 6.90. The molecule has 0 heterocycles. The highest BCUT2D eigenvalue weighted by atomic mass is 19.2. The van der Waals surface area contributed by atoms with Crippen LogP contribution in [0.2, 0.25) is 0 Å². The van der Waals surface area contributed by atoms with Gasteiger partial charge in [0, 0.05) is 0 Å². The molecule has 150 valence electrons. The van der Waals surface area contributed by atoms with Crippen LogP contribution in [-0.4, -0.2) is 0 Å². The molecule has 2 fully saturated rings. The zero-order chi connectivity index (χ0) is 19.2. The van der Waals surface area contributed by atoms with Crippen molar-refractivity contribution in [2.75, 3.05) is 0 Å². The van der Waals surface area contributed by atoms with Gasteiger partial charge in [-0.15, -0.1) is 0 Å². The van der Waals surface area contributed by atoms with Crippen molar-refractivity contribution in [3.05, 3.63) is 47.3 Å². The van der Waals surface area contributed by atoms with E-state index < -0.39 is 17.5 Å². The van der Waals surface area contributed by atoms with Gasteiger partial charge >= 0.3 is 0 Å². The van der Waals surface area contributed by atoms with Crippen molar-refractivity contribution < 1.29 is 13.2 Å². The molecule has 2 saturated carbocycles. The topological polar surface area (TPSA) is 0 Å². The molecule has 27 heavy (non-hydrogen) atoms. The summed E-state index contributed by atoms with van der Waals surface area (Å²) >= 11 is 0. The van der Waals surface area contributed by atoms with Gasteiger partial charge in [0.2, 0.25) is 0 Å². The highest BCUT2D eigenvalue weighted by molar-refractivity contribution is 5.19. The predicted octanol–water partition coefficient (Wildman–Crippen LogP) is 7.62. The van der Waals surface area contributed by atoms with Crippen LogP contribution in [0.5, 0.6) is 0 Å². The molecule has 0 amide bonds. The van der Waals surface area contributed by atoms with Crippen LogP contribution in [0, 0.1) is 41.1 Å². The average molecular weight is 379 g/mol. The first-order valence-electron chi connectivity index (χ1n) is 10.9. The van der Waals surface area contributed by atoms with E-state index in [1.54, 1.807) is 0 Å². The number of hydrogen-bond acceptors (Lipinski definition) is 0. The van der Waals surface area contributed by atoms with Gasteiger partial charge < -0.3 is 0 Å². The summed E-state index contributed by atoms with van der Waals surface area (Å²) in [7, 11) is 0. The van der Waals surface area contributed by atoms with Crippen molar-refractivity contribution in [2.45, 2.75) is 77.6 Å². The SMILES string of the molecule is CC/C=C/[C@H]1CC[C@H]([C@H]2CC[C@H](CCc3cc(F)c(F)c(F)c3)CC2)CC1. The first-order chi connectivity index (χ1) is 13.1. The summed E-state index contributed by atoms with van der Waals surface area (Å²) < 4.78 is 39.7. The molecular formula is C24H33F3. The maximum Gasteiger partial charge on any atom is 0.194 e. The number of rotatable bonds is 6. The summed E-state index contributed by atoms with van der Waals surface area (Å²) in [6.07, 6.45) is 18.0. The van der Waals surface area contributed by atoms with Crippen molar-refractivity contribution in [3.8, 4) is 0 Å². The van der Waals surface area contributed by atoms with Crippen LogP contribution < -0.4 is 0 Å². The van der Waals surface area contributed by atoms with Crippen LogP contribution in [0.1, 0.15) is 76.7 Å². The Morgan fingerprint density at radius 1 is 0.852 bits per heavy atom. The van der Waals surface area contributed by atoms with E-state index in [0.717, 1.165) is 42.7 Å². The number of hydrogen-bond donors (Lipinski definition) is 0. The molecule has 3 rings (SSSR count). The van der Waals surface area contributed by atoms with E-state index in [1.165, 1.54) is 51.4 Å². The highest BCUT2D eigenvalue weighted by Crippen LogP contribution is 2.42. The zero-order valence-electron chi connectivity index (χ0n) is 16.5. The molecule has 0 spiro atoms. The summed E-state index contributed by atoms with van der Waals surface area (Å²) in [5, 5.41) is 0. The fourth-order valence-corrected chi connectivity index (χ4v) is 5.21. The van der Waals surface area contributed by atoms with E-state index in [1.807, 2.05) is 0 Å². The van der Waals surface area contributed by atoms with Crippen molar-refractivity contribution in [1.82, 2.24) is 0 Å². The number of allylic oxidation sites excluding steroid dienone is 2. The second-order valence-electron chi connectivity index (χ2n) is 8.70. The Balaban J connectivity index is 1.40. The fraction of sp³-hybridized carbons (Fsp3) is 0.667. The number of halogens is 3. The Bertz CT molecular complexity index is 598. The van der Waals surface area contributed by atoms with Gasteiger partial charge in [0.15, 0.2) is 17.5 Å². The van der Waals surface area contributed by atoms with Crippen molar-refractivity contribution >= 4 is 0 Å². The molecule has 0 aromatic heterocycles. The summed E-state index contributed by atoms with van der Waals surface area (Å²) in [5.41, 5.74) is 0.576. The lowest BCUT2D eigenvalue weighted by molar-refractivity contribution is 0.152. The predicted molar refractivity (Wildman–Crippen MR) is 105 cm³/mol. The summed E-state index contributed by atoms with van der Waals surface area (Å²) in [5.74, 6) is -0.291. The van der Waals surface area contributed by atoms with Crippen LogP contribution in [-0.2, 0) is 6.42 Å². The average Bonchev–Trinajstić information content (AvgIpc) is 2.69. The van der Waals surface area contributed by atoms with E-state index in [-0.39, 0.29) is 0 Å². The monoisotopic (exact) mass is 378 g/mol. The van der Waals surface area contributed by atoms with E-state index in [9.17, 15) is 13.2 Å². The standard InChI is InChI=1S/C24H33F3/c1-2-3-4-17-7-11-20(12-8-17)21-13-9-18(10-14-21)5-6-19-15-22(25)24(27)23(26)16-19/h3-4,15-18,20-21H,2,5-14H2,1H3/b4-3+/t17-,18-,20-,21-. The number of benzene rings is 1. The number of aryl methyl sites for hydroxylation is 1. The summed E-state index contributed by atoms with van der Waals surface area (Å²) in [4.78, 5) is 0. The smallest absolute Gasteiger partial charge is 0.194 e. The van der Waals surface area contributed by atoms with Gasteiger partial charge in [0.25, 0.3) is 0 Å². The lowest BCUT2D eigenvalue weighted by Crippen LogP contribution is -2.25. The van der Waals surface area contributed by atoms with Crippen LogP contribution in [0.4, 0.5) is 13.2 Å². The Labute approximate surface area is 162 Å². The van der Waals surface area contributed by atoms with E-state index in [2.05, 4.69) is 19.1 Å². The quantitative estimate of drug-likeness (QED) is 0.353. The van der Waals surface area contributed by atoms with Gasteiger partial charge in [-0.05, 0) is 99.2 Å². The third kappa shape index (κ3) is 5.62. The van der Waals surface area contributed by atoms with Gasteiger partial charge in [-0.3, -0.25) is 0 Å². The molecule has 2 aliphatic carbocycles.